The van der Waals surface area contributed by atoms with Gasteiger partial charge in [-0.1, -0.05) is 40.9 Å². The van der Waals surface area contributed by atoms with E-state index in [1.165, 1.54) is 25.7 Å². The van der Waals surface area contributed by atoms with E-state index in [0.717, 1.165) is 21.1 Å². The predicted molar refractivity (Wildman–Crippen MR) is 74.2 cm³/mol. The zero-order valence-electron chi connectivity index (χ0n) is 9.47. The first-order valence-corrected chi connectivity index (χ1v) is 7.07. The van der Waals surface area contributed by atoms with E-state index in [0.29, 0.717) is 6.04 Å². The quantitative estimate of drug-likeness (QED) is 0.819. The molecule has 0 spiro atoms. The number of anilines is 1. The maximum absolute atomic E-state index is 6.19. The van der Waals surface area contributed by atoms with Crippen LogP contribution in [0, 0.1) is 5.92 Å². The highest BCUT2D eigenvalue weighted by Gasteiger charge is 2.23. The molecule has 0 heterocycles. The predicted octanol–water partition coefficient (Wildman–Crippen LogP) is 5.09. The van der Waals surface area contributed by atoms with E-state index < -0.39 is 0 Å². The summed E-state index contributed by atoms with van der Waals surface area (Å²) in [7, 11) is 0. The second-order valence-corrected chi connectivity index (χ2v) is 5.88. The molecule has 1 nitrogen and oxygen atoms in total. The maximum atomic E-state index is 6.19. The van der Waals surface area contributed by atoms with Crippen molar-refractivity contribution in [3.63, 3.8) is 0 Å². The van der Waals surface area contributed by atoms with Crippen LogP contribution >= 0.6 is 27.5 Å². The molecule has 1 fully saturated rings. The Kier molecular flexibility index (Phi) is 4.15. The standard InChI is InChI=1S/C13H17BrClN/c1-2-9-3-5-11(7-9)16-13-6-4-10(14)8-12(13)15/h4,6,8-9,11,16H,2-3,5,7H2,1H3. The van der Waals surface area contributed by atoms with E-state index in [2.05, 4.69) is 28.2 Å². The number of halogens is 2. The highest BCUT2D eigenvalue weighted by atomic mass is 79.9. The molecule has 1 aromatic rings. The number of benzene rings is 1. The van der Waals surface area contributed by atoms with Gasteiger partial charge in [0.2, 0.25) is 0 Å². The lowest BCUT2D eigenvalue weighted by atomic mass is 10.1. The molecule has 2 rings (SSSR count). The molecule has 1 N–H and O–H groups in total. The Morgan fingerprint density at radius 3 is 2.88 bits per heavy atom. The first-order chi connectivity index (χ1) is 7.69. The Morgan fingerprint density at radius 1 is 1.44 bits per heavy atom. The van der Waals surface area contributed by atoms with Gasteiger partial charge in [0.15, 0.2) is 0 Å². The minimum absolute atomic E-state index is 0.601. The van der Waals surface area contributed by atoms with E-state index in [1.807, 2.05) is 18.2 Å². The number of hydrogen-bond acceptors (Lipinski definition) is 1. The van der Waals surface area contributed by atoms with E-state index in [1.54, 1.807) is 0 Å². The Balaban J connectivity index is 1.99. The van der Waals surface area contributed by atoms with Gasteiger partial charge in [-0.05, 0) is 43.4 Å². The monoisotopic (exact) mass is 301 g/mol. The maximum Gasteiger partial charge on any atom is 0.0648 e. The smallest absolute Gasteiger partial charge is 0.0648 e. The second-order valence-electron chi connectivity index (χ2n) is 4.55. The molecule has 0 bridgehead atoms. The highest BCUT2D eigenvalue weighted by molar-refractivity contribution is 9.10. The lowest BCUT2D eigenvalue weighted by Gasteiger charge is -2.15. The first-order valence-electron chi connectivity index (χ1n) is 5.90. The van der Waals surface area contributed by atoms with Gasteiger partial charge in [0.1, 0.15) is 0 Å². The molecule has 0 aromatic heterocycles. The zero-order chi connectivity index (χ0) is 11.5. The van der Waals surface area contributed by atoms with Crippen molar-refractivity contribution in [2.24, 2.45) is 5.92 Å². The second kappa shape index (κ2) is 5.42. The van der Waals surface area contributed by atoms with Crippen LogP contribution in [0.3, 0.4) is 0 Å². The van der Waals surface area contributed by atoms with Gasteiger partial charge in [0.25, 0.3) is 0 Å². The third kappa shape index (κ3) is 2.92. The van der Waals surface area contributed by atoms with E-state index in [9.17, 15) is 0 Å². The Morgan fingerprint density at radius 2 is 2.25 bits per heavy atom. The molecule has 16 heavy (non-hydrogen) atoms. The van der Waals surface area contributed by atoms with Gasteiger partial charge in [-0.2, -0.15) is 0 Å². The molecule has 2 unspecified atom stereocenters. The van der Waals surface area contributed by atoms with Crippen LogP contribution < -0.4 is 5.32 Å². The van der Waals surface area contributed by atoms with Crippen molar-refractivity contribution in [2.75, 3.05) is 5.32 Å². The average Bonchev–Trinajstić information content (AvgIpc) is 2.70. The fraction of sp³-hybridized carbons (Fsp3) is 0.538. The summed E-state index contributed by atoms with van der Waals surface area (Å²) in [6.07, 6.45) is 5.20. The Bertz CT molecular complexity index is 367. The van der Waals surface area contributed by atoms with E-state index in [4.69, 9.17) is 11.6 Å². The molecule has 1 saturated carbocycles. The van der Waals surface area contributed by atoms with Crippen LogP contribution in [0.2, 0.25) is 5.02 Å². The molecule has 1 aromatic carbocycles. The van der Waals surface area contributed by atoms with Crippen LogP contribution in [0.1, 0.15) is 32.6 Å². The van der Waals surface area contributed by atoms with Gasteiger partial charge in [-0.25, -0.2) is 0 Å². The summed E-state index contributed by atoms with van der Waals surface area (Å²) in [4.78, 5) is 0. The number of nitrogens with one attached hydrogen (secondary N) is 1. The lowest BCUT2D eigenvalue weighted by molar-refractivity contribution is 0.525. The summed E-state index contributed by atoms with van der Waals surface area (Å²) in [5, 5.41) is 4.35. The number of rotatable bonds is 3. The normalized spacial score (nSPS) is 24.7. The third-order valence-corrected chi connectivity index (χ3v) is 4.22. The van der Waals surface area contributed by atoms with Crippen molar-refractivity contribution in [1.82, 2.24) is 0 Å². The molecule has 88 valence electrons. The highest BCUT2D eigenvalue weighted by Crippen LogP contribution is 2.32. The average molecular weight is 303 g/mol. The molecular formula is C13H17BrClN. The van der Waals surface area contributed by atoms with Crippen molar-refractivity contribution in [1.29, 1.82) is 0 Å². The van der Waals surface area contributed by atoms with E-state index in [-0.39, 0.29) is 0 Å². The van der Waals surface area contributed by atoms with Crippen LogP contribution in [0.4, 0.5) is 5.69 Å². The molecule has 0 aliphatic heterocycles. The molecule has 0 radical (unpaired) electrons. The molecule has 2 atom stereocenters. The zero-order valence-corrected chi connectivity index (χ0v) is 11.8. The summed E-state index contributed by atoms with van der Waals surface area (Å²) in [5.41, 5.74) is 1.06. The SMILES string of the molecule is CCC1CCC(Nc2ccc(Br)cc2Cl)C1. The summed E-state index contributed by atoms with van der Waals surface area (Å²) in [5.74, 6) is 0.895. The van der Waals surface area contributed by atoms with Gasteiger partial charge in [0.05, 0.1) is 10.7 Å². The van der Waals surface area contributed by atoms with Crippen LogP contribution in [0.15, 0.2) is 22.7 Å². The van der Waals surface area contributed by atoms with Gasteiger partial charge in [-0.15, -0.1) is 0 Å². The molecule has 0 saturated heterocycles. The summed E-state index contributed by atoms with van der Waals surface area (Å²) < 4.78 is 1.03. The molecule has 1 aliphatic carbocycles. The minimum atomic E-state index is 0.601. The van der Waals surface area contributed by atoms with Crippen molar-refractivity contribution >= 4 is 33.2 Å². The van der Waals surface area contributed by atoms with Gasteiger partial charge >= 0.3 is 0 Å². The van der Waals surface area contributed by atoms with Crippen molar-refractivity contribution < 1.29 is 0 Å². The fourth-order valence-corrected chi connectivity index (χ4v) is 3.13. The van der Waals surface area contributed by atoms with Crippen LogP contribution in [0.5, 0.6) is 0 Å². The summed E-state index contributed by atoms with van der Waals surface area (Å²) in [6.45, 7) is 2.28. The van der Waals surface area contributed by atoms with Gasteiger partial charge < -0.3 is 5.32 Å². The van der Waals surface area contributed by atoms with Gasteiger partial charge in [0, 0.05) is 10.5 Å². The van der Waals surface area contributed by atoms with Crippen molar-refractivity contribution in [3.8, 4) is 0 Å². The van der Waals surface area contributed by atoms with Crippen LogP contribution in [-0.2, 0) is 0 Å². The molecule has 3 heteroatoms. The van der Waals surface area contributed by atoms with Crippen LogP contribution in [0.25, 0.3) is 0 Å². The van der Waals surface area contributed by atoms with Gasteiger partial charge in [-0.3, -0.25) is 0 Å². The fourth-order valence-electron chi connectivity index (χ4n) is 2.40. The van der Waals surface area contributed by atoms with Crippen molar-refractivity contribution in [2.45, 2.75) is 38.6 Å². The van der Waals surface area contributed by atoms with Crippen molar-refractivity contribution in [3.05, 3.63) is 27.7 Å². The topological polar surface area (TPSA) is 12.0 Å². The summed E-state index contributed by atoms with van der Waals surface area (Å²) >= 11 is 9.60. The van der Waals surface area contributed by atoms with Crippen LogP contribution in [-0.4, -0.2) is 6.04 Å². The largest absolute Gasteiger partial charge is 0.381 e. The van der Waals surface area contributed by atoms with E-state index >= 15 is 0 Å². The Labute approximate surface area is 111 Å². The number of hydrogen-bond donors (Lipinski definition) is 1. The first kappa shape index (κ1) is 12.3. The minimum Gasteiger partial charge on any atom is -0.381 e. The summed E-state index contributed by atoms with van der Waals surface area (Å²) in [6, 6.07) is 6.62. The lowest BCUT2D eigenvalue weighted by Crippen LogP contribution is -2.15. The molecule has 0 amide bonds. The third-order valence-electron chi connectivity index (χ3n) is 3.41. The Hall–Kier alpha value is -0.210. The molecular weight excluding hydrogens is 286 g/mol. The molecule has 1 aliphatic rings.